The Kier molecular flexibility index (Phi) is 10.3. The summed E-state index contributed by atoms with van der Waals surface area (Å²) in [5, 5.41) is 9.48. The van der Waals surface area contributed by atoms with E-state index in [1.165, 1.54) is 23.2 Å². The zero-order valence-electron chi connectivity index (χ0n) is 26.4. The number of amides is 2. The van der Waals surface area contributed by atoms with E-state index in [0.29, 0.717) is 67.1 Å². The number of nitrogen functional groups attached to an aromatic ring is 1. The molecule has 0 radical (unpaired) electrons. The van der Waals surface area contributed by atoms with Crippen LogP contribution in [0.1, 0.15) is 46.5 Å². The van der Waals surface area contributed by atoms with Crippen LogP contribution >= 0.6 is 11.3 Å². The van der Waals surface area contributed by atoms with Crippen LogP contribution in [-0.4, -0.2) is 95.8 Å². The molecule has 0 spiro atoms. The first-order valence-electron chi connectivity index (χ1n) is 15.3. The zero-order chi connectivity index (χ0) is 32.8. The van der Waals surface area contributed by atoms with Gasteiger partial charge in [-0.1, -0.05) is 30.3 Å². The first-order chi connectivity index (χ1) is 22.2. The van der Waals surface area contributed by atoms with Crippen molar-refractivity contribution in [1.82, 2.24) is 19.8 Å². The van der Waals surface area contributed by atoms with Crippen molar-refractivity contribution in [3.8, 4) is 0 Å². The summed E-state index contributed by atoms with van der Waals surface area (Å²) in [5.41, 5.74) is 16.2. The first-order valence-corrected chi connectivity index (χ1v) is 16.1. The van der Waals surface area contributed by atoms with Crippen LogP contribution in [0.15, 0.2) is 58.7 Å². The predicted molar refractivity (Wildman–Crippen MR) is 185 cm³/mol. The Hall–Kier alpha value is -4.75. The van der Waals surface area contributed by atoms with Gasteiger partial charge in [0, 0.05) is 45.0 Å². The molecule has 5 N–H and O–H groups in total. The Bertz CT molecular complexity index is 1690. The highest BCUT2D eigenvalue weighted by molar-refractivity contribution is 7.13. The minimum atomic E-state index is -0.247. The summed E-state index contributed by atoms with van der Waals surface area (Å²) in [7, 11) is 1.64. The third-order valence-corrected chi connectivity index (χ3v) is 9.21. The average molecular weight is 641 g/mol. The van der Waals surface area contributed by atoms with Gasteiger partial charge in [-0.25, -0.2) is 15.0 Å². The third-order valence-electron chi connectivity index (χ3n) is 8.28. The lowest BCUT2D eigenvalue weighted by Gasteiger charge is -2.29. The Morgan fingerprint density at radius 3 is 2.63 bits per heavy atom. The van der Waals surface area contributed by atoms with Gasteiger partial charge in [0.05, 0.1) is 28.0 Å². The molecule has 3 aromatic rings. The minimum Gasteiger partial charge on any atom is -0.397 e. The van der Waals surface area contributed by atoms with Crippen molar-refractivity contribution in [3.63, 3.8) is 0 Å². The van der Waals surface area contributed by atoms with E-state index in [2.05, 4.69) is 30.9 Å². The Balaban J connectivity index is 1.16. The molecular formula is C33H40N10O2S. The van der Waals surface area contributed by atoms with Crippen LogP contribution in [0, 0.1) is 18.3 Å². The molecule has 13 heteroatoms. The summed E-state index contributed by atoms with van der Waals surface area (Å²) in [4.78, 5) is 49.9. The topological polar surface area (TPSA) is 170 Å². The lowest BCUT2D eigenvalue weighted by atomic mass is 9.98. The number of benzene rings is 1. The summed E-state index contributed by atoms with van der Waals surface area (Å²) in [6.45, 7) is 6.87. The average Bonchev–Trinajstić information content (AvgIpc) is 3.73. The number of nitrogens with zero attached hydrogens (tertiary/aromatic N) is 7. The van der Waals surface area contributed by atoms with Gasteiger partial charge in [-0.3, -0.25) is 29.8 Å². The number of anilines is 2. The maximum absolute atomic E-state index is 13.7. The molecule has 5 rings (SSSR count). The van der Waals surface area contributed by atoms with Crippen molar-refractivity contribution < 1.29 is 9.59 Å². The van der Waals surface area contributed by atoms with Gasteiger partial charge in [-0.05, 0) is 56.5 Å². The van der Waals surface area contributed by atoms with Gasteiger partial charge in [0.2, 0.25) is 11.8 Å². The lowest BCUT2D eigenvalue weighted by molar-refractivity contribution is -0.132. The molecule has 1 unspecified atom stereocenters. The van der Waals surface area contributed by atoms with Crippen molar-refractivity contribution in [2.75, 3.05) is 56.9 Å². The highest BCUT2D eigenvalue weighted by Gasteiger charge is 2.34. The number of carbonyl (C=O) groups is 2. The zero-order valence-corrected chi connectivity index (χ0v) is 27.3. The van der Waals surface area contributed by atoms with E-state index in [0.717, 1.165) is 22.6 Å². The summed E-state index contributed by atoms with van der Waals surface area (Å²) in [5.74, 6) is 0.655. The molecule has 46 heavy (non-hydrogen) atoms. The van der Waals surface area contributed by atoms with Gasteiger partial charge < -0.3 is 16.4 Å². The summed E-state index contributed by atoms with van der Waals surface area (Å²) in [6.07, 6.45) is 6.61. The molecule has 0 saturated carbocycles. The van der Waals surface area contributed by atoms with E-state index in [-0.39, 0.29) is 30.0 Å². The highest BCUT2D eigenvalue weighted by atomic mass is 32.1. The fourth-order valence-electron chi connectivity index (χ4n) is 5.73. The Morgan fingerprint density at radius 1 is 1.20 bits per heavy atom. The second-order valence-electron chi connectivity index (χ2n) is 11.3. The standard InChI is InChI=1S/C33H40N10O2S/c1-4-43(28-10-9-26(34)31(40-28)30(35)27-17-38-21(2)46-27)33(45)25-11-14-41(18-25)19-29(44)42-15-12-23(13-16-42)22-5-7-24(8-6-22)32(36)39-20-37-3/h5-10,12,17,20,25,35H,4,11,13-16,18-19,34H2,1-3H3,(H2,36,37,39). The number of carbonyl (C=O) groups excluding carboxylic acids is 2. The van der Waals surface area contributed by atoms with Crippen molar-refractivity contribution >= 4 is 58.1 Å². The van der Waals surface area contributed by atoms with E-state index in [1.54, 1.807) is 30.3 Å². The number of hydrogen-bond acceptors (Lipinski definition) is 9. The SMILES string of the molecule is CCN(C(=O)C1CCN(CC(=O)N2CC=C(c3ccc(C(N)=NC=NC)cc3)CC2)C1)c1ccc(N)c(C(=N)c2cnc(C)s2)n1. The molecule has 0 aliphatic carbocycles. The molecule has 2 amide bonds. The Morgan fingerprint density at radius 2 is 1.98 bits per heavy atom. The van der Waals surface area contributed by atoms with Crippen LogP contribution in [0.3, 0.4) is 0 Å². The van der Waals surface area contributed by atoms with Gasteiger partial charge in [-0.2, -0.15) is 0 Å². The molecule has 1 fully saturated rings. The number of hydrogen-bond donors (Lipinski definition) is 3. The van der Waals surface area contributed by atoms with Gasteiger partial charge in [0.25, 0.3) is 0 Å². The maximum atomic E-state index is 13.7. The predicted octanol–water partition coefficient (Wildman–Crippen LogP) is 3.20. The molecule has 12 nitrogen and oxygen atoms in total. The Labute approximate surface area is 273 Å². The normalized spacial score (nSPS) is 17.4. The van der Waals surface area contributed by atoms with E-state index < -0.39 is 0 Å². The number of pyridine rings is 1. The molecule has 1 atom stereocenters. The number of aliphatic imine (C=N–C) groups is 2. The van der Waals surface area contributed by atoms with Gasteiger partial charge >= 0.3 is 0 Å². The quantitative estimate of drug-likeness (QED) is 0.226. The van der Waals surface area contributed by atoms with Gasteiger partial charge in [0.1, 0.15) is 29.4 Å². The summed E-state index contributed by atoms with van der Waals surface area (Å²) in [6, 6.07) is 11.4. The fourth-order valence-corrected chi connectivity index (χ4v) is 6.46. The van der Waals surface area contributed by atoms with Crippen LogP contribution in [0.25, 0.3) is 5.57 Å². The number of nitrogens with one attached hydrogen (secondary N) is 1. The van der Waals surface area contributed by atoms with Crippen molar-refractivity contribution in [1.29, 1.82) is 5.41 Å². The van der Waals surface area contributed by atoms with Gasteiger partial charge in [0.15, 0.2) is 0 Å². The van der Waals surface area contributed by atoms with Crippen LogP contribution in [-0.2, 0) is 9.59 Å². The number of aryl methyl sites for hydroxylation is 1. The fraction of sp³-hybridized carbons (Fsp3) is 0.364. The van der Waals surface area contributed by atoms with Gasteiger partial charge in [-0.15, -0.1) is 11.3 Å². The second-order valence-corrected chi connectivity index (χ2v) is 12.5. The monoisotopic (exact) mass is 640 g/mol. The first kappa shape index (κ1) is 32.6. The molecule has 1 aromatic carbocycles. The van der Waals surface area contributed by atoms with Crippen molar-refractivity contribution in [2.24, 2.45) is 21.6 Å². The van der Waals surface area contributed by atoms with E-state index >= 15 is 0 Å². The number of thiazole rings is 1. The summed E-state index contributed by atoms with van der Waals surface area (Å²) < 4.78 is 0. The lowest BCUT2D eigenvalue weighted by Crippen LogP contribution is -2.42. The van der Waals surface area contributed by atoms with Crippen molar-refractivity contribution in [3.05, 3.63) is 75.4 Å². The number of aromatic nitrogens is 2. The van der Waals surface area contributed by atoms with E-state index in [4.69, 9.17) is 16.9 Å². The van der Waals surface area contributed by atoms with Crippen LogP contribution < -0.4 is 16.4 Å². The van der Waals surface area contributed by atoms with Crippen molar-refractivity contribution in [2.45, 2.75) is 26.7 Å². The molecule has 0 bridgehead atoms. The third kappa shape index (κ3) is 7.37. The molecule has 2 aromatic heterocycles. The molecule has 2 aliphatic heterocycles. The largest absolute Gasteiger partial charge is 0.397 e. The molecule has 2 aliphatic rings. The molecule has 1 saturated heterocycles. The maximum Gasteiger partial charge on any atom is 0.237 e. The number of likely N-dealkylation sites (tertiary alicyclic amines) is 1. The summed E-state index contributed by atoms with van der Waals surface area (Å²) >= 11 is 1.40. The molecule has 240 valence electrons. The highest BCUT2D eigenvalue weighted by Crippen LogP contribution is 2.27. The second kappa shape index (κ2) is 14.6. The smallest absolute Gasteiger partial charge is 0.237 e. The molecular weight excluding hydrogens is 600 g/mol. The van der Waals surface area contributed by atoms with Crippen LogP contribution in [0.2, 0.25) is 0 Å². The molecule has 4 heterocycles. The number of rotatable bonds is 10. The number of amidine groups is 1. The minimum absolute atomic E-state index is 0.0380. The van der Waals surface area contributed by atoms with E-state index in [9.17, 15) is 9.59 Å². The van der Waals surface area contributed by atoms with Crippen LogP contribution in [0.5, 0.6) is 0 Å². The van der Waals surface area contributed by atoms with Crippen LogP contribution in [0.4, 0.5) is 11.5 Å². The van der Waals surface area contributed by atoms with E-state index in [1.807, 2.05) is 43.0 Å². The number of nitrogens with two attached hydrogens (primary N) is 2.